The molecule has 156 valence electrons. The molecular weight excluding hydrogens is 475 g/mol. The number of aryl methyl sites for hydroxylation is 2. The summed E-state index contributed by atoms with van der Waals surface area (Å²) in [4.78, 5) is 25.1. The normalized spacial score (nSPS) is 11.3. The molecule has 0 bridgehead atoms. The monoisotopic (exact) mass is 492 g/mol. The highest BCUT2D eigenvalue weighted by Crippen LogP contribution is 2.23. The van der Waals surface area contributed by atoms with Crippen LogP contribution >= 0.6 is 15.9 Å². The van der Waals surface area contributed by atoms with Gasteiger partial charge in [0.1, 0.15) is 17.3 Å². The summed E-state index contributed by atoms with van der Waals surface area (Å²) in [7, 11) is -4.09. The van der Waals surface area contributed by atoms with E-state index in [4.69, 9.17) is 0 Å². The summed E-state index contributed by atoms with van der Waals surface area (Å²) in [6, 6.07) is 12.8. The highest BCUT2D eigenvalue weighted by molar-refractivity contribution is 9.10. The number of nitrogens with zero attached hydrogens (tertiary/aromatic N) is 1. The summed E-state index contributed by atoms with van der Waals surface area (Å²) in [6.45, 7) is 2.74. The molecule has 3 rings (SSSR count). The number of carbonyl (C=O) groups excluding carboxylic acids is 1. The molecule has 2 aromatic carbocycles. The van der Waals surface area contributed by atoms with E-state index in [-0.39, 0.29) is 15.5 Å². The molecule has 9 heteroatoms. The van der Waals surface area contributed by atoms with Crippen LogP contribution in [0.25, 0.3) is 0 Å². The van der Waals surface area contributed by atoms with Crippen molar-refractivity contribution in [2.75, 3.05) is 5.32 Å². The van der Waals surface area contributed by atoms with Crippen LogP contribution in [0.5, 0.6) is 0 Å². The zero-order chi connectivity index (χ0) is 22.1. The van der Waals surface area contributed by atoms with Gasteiger partial charge in [0.15, 0.2) is 0 Å². The molecule has 3 aromatic rings. The van der Waals surface area contributed by atoms with Crippen LogP contribution in [0, 0.1) is 19.7 Å². The van der Waals surface area contributed by atoms with Gasteiger partial charge in [-0.3, -0.25) is 9.59 Å². The van der Waals surface area contributed by atoms with Gasteiger partial charge in [0, 0.05) is 15.9 Å². The van der Waals surface area contributed by atoms with Gasteiger partial charge in [0.25, 0.3) is 5.56 Å². The SMILES string of the molecule is Cc1cc(C)n(CC(=O)Nc2cccc(F)c2)c(=O)c1S(=O)(=O)c1ccc(Br)cc1. The Labute approximate surface area is 181 Å². The Morgan fingerprint density at radius 1 is 1.10 bits per heavy atom. The van der Waals surface area contributed by atoms with Crippen LogP contribution in [0.4, 0.5) is 10.1 Å². The van der Waals surface area contributed by atoms with Crippen LogP contribution < -0.4 is 10.9 Å². The summed E-state index contributed by atoms with van der Waals surface area (Å²) in [6.07, 6.45) is 0. The molecule has 1 N–H and O–H groups in total. The summed E-state index contributed by atoms with van der Waals surface area (Å²) in [5.41, 5.74) is 0.175. The van der Waals surface area contributed by atoms with Crippen molar-refractivity contribution in [2.24, 2.45) is 0 Å². The van der Waals surface area contributed by atoms with E-state index in [9.17, 15) is 22.4 Å². The van der Waals surface area contributed by atoms with Gasteiger partial charge < -0.3 is 9.88 Å². The van der Waals surface area contributed by atoms with E-state index in [0.717, 1.165) is 10.6 Å². The van der Waals surface area contributed by atoms with Gasteiger partial charge in [-0.05, 0) is 67.9 Å². The number of sulfone groups is 1. The summed E-state index contributed by atoms with van der Waals surface area (Å²) < 4.78 is 41.3. The lowest BCUT2D eigenvalue weighted by Gasteiger charge is -2.15. The largest absolute Gasteiger partial charge is 0.324 e. The second kappa shape index (κ2) is 8.53. The molecule has 6 nitrogen and oxygen atoms in total. The predicted molar refractivity (Wildman–Crippen MR) is 115 cm³/mol. The molecule has 0 aliphatic carbocycles. The molecule has 0 atom stereocenters. The van der Waals surface area contributed by atoms with Crippen molar-refractivity contribution < 1.29 is 17.6 Å². The third-order valence-corrected chi connectivity index (χ3v) is 6.91. The second-order valence-corrected chi connectivity index (χ2v) is 9.51. The maximum Gasteiger partial charge on any atom is 0.270 e. The standard InChI is InChI=1S/C21H18BrFN2O4S/c1-13-10-14(2)25(12-19(26)24-17-5-3-4-16(23)11-17)21(27)20(13)30(28,29)18-8-6-15(22)7-9-18/h3-11H,12H2,1-2H3,(H,24,26). The van der Waals surface area contributed by atoms with E-state index in [0.29, 0.717) is 15.7 Å². The van der Waals surface area contributed by atoms with Crippen molar-refractivity contribution in [2.45, 2.75) is 30.2 Å². The van der Waals surface area contributed by atoms with Gasteiger partial charge in [0.05, 0.1) is 4.90 Å². The third-order valence-electron chi connectivity index (χ3n) is 4.45. The fourth-order valence-corrected chi connectivity index (χ4v) is 4.89. The van der Waals surface area contributed by atoms with Gasteiger partial charge in [-0.2, -0.15) is 0 Å². The topological polar surface area (TPSA) is 85.2 Å². The highest BCUT2D eigenvalue weighted by atomic mass is 79.9. The van der Waals surface area contributed by atoms with E-state index < -0.39 is 33.7 Å². The van der Waals surface area contributed by atoms with Crippen LogP contribution in [0.2, 0.25) is 0 Å². The molecule has 0 aliphatic heterocycles. The fraction of sp³-hybridized carbons (Fsp3) is 0.143. The maximum absolute atomic E-state index is 13.3. The van der Waals surface area contributed by atoms with E-state index >= 15 is 0 Å². The Morgan fingerprint density at radius 3 is 2.40 bits per heavy atom. The Hall–Kier alpha value is -2.78. The number of pyridine rings is 1. The number of rotatable bonds is 5. The van der Waals surface area contributed by atoms with E-state index in [1.54, 1.807) is 25.1 Å². The zero-order valence-electron chi connectivity index (χ0n) is 16.1. The lowest BCUT2D eigenvalue weighted by Crippen LogP contribution is -2.33. The Balaban J connectivity index is 2.00. The third kappa shape index (κ3) is 4.52. The minimum absolute atomic E-state index is 0.0227. The van der Waals surface area contributed by atoms with Crippen molar-refractivity contribution in [3.05, 3.63) is 86.5 Å². The van der Waals surface area contributed by atoms with Gasteiger partial charge in [-0.25, -0.2) is 12.8 Å². The van der Waals surface area contributed by atoms with E-state index in [1.165, 1.54) is 37.3 Å². The summed E-state index contributed by atoms with van der Waals surface area (Å²) in [5, 5.41) is 2.50. The van der Waals surface area contributed by atoms with Crippen molar-refractivity contribution >= 4 is 37.4 Å². The van der Waals surface area contributed by atoms with E-state index in [1.807, 2.05) is 0 Å². The average molecular weight is 493 g/mol. The van der Waals surface area contributed by atoms with Crippen molar-refractivity contribution in [3.8, 4) is 0 Å². The quantitative estimate of drug-likeness (QED) is 0.586. The number of hydrogen-bond donors (Lipinski definition) is 1. The number of anilines is 1. The first kappa shape index (κ1) is 21.9. The van der Waals surface area contributed by atoms with Crippen molar-refractivity contribution in [3.63, 3.8) is 0 Å². The number of carbonyl (C=O) groups is 1. The molecule has 0 saturated carbocycles. The number of hydrogen-bond acceptors (Lipinski definition) is 4. The Bertz CT molecular complexity index is 1290. The fourth-order valence-electron chi connectivity index (χ4n) is 3.07. The van der Waals surface area contributed by atoms with Crippen LogP contribution in [-0.4, -0.2) is 18.9 Å². The highest BCUT2D eigenvalue weighted by Gasteiger charge is 2.26. The summed E-state index contributed by atoms with van der Waals surface area (Å²) in [5.74, 6) is -1.10. The molecule has 0 unspecified atom stereocenters. The molecule has 0 saturated heterocycles. The number of halogens is 2. The second-order valence-electron chi connectivity index (χ2n) is 6.71. The number of amides is 1. The van der Waals surface area contributed by atoms with Gasteiger partial charge >= 0.3 is 0 Å². The first-order valence-corrected chi connectivity index (χ1v) is 11.1. The lowest BCUT2D eigenvalue weighted by atomic mass is 10.2. The molecule has 0 radical (unpaired) electrons. The molecule has 30 heavy (non-hydrogen) atoms. The van der Waals surface area contributed by atoms with Crippen LogP contribution in [0.1, 0.15) is 11.3 Å². The van der Waals surface area contributed by atoms with Crippen LogP contribution in [0.3, 0.4) is 0 Å². The first-order chi connectivity index (χ1) is 14.1. The molecule has 0 aliphatic rings. The van der Waals surface area contributed by atoms with Crippen LogP contribution in [-0.2, 0) is 21.2 Å². The van der Waals surface area contributed by atoms with Crippen LogP contribution in [0.15, 0.2) is 73.7 Å². The van der Waals surface area contributed by atoms with Crippen molar-refractivity contribution in [1.29, 1.82) is 0 Å². The maximum atomic E-state index is 13.3. The van der Waals surface area contributed by atoms with Gasteiger partial charge in [0.2, 0.25) is 15.7 Å². The number of benzene rings is 2. The Morgan fingerprint density at radius 2 is 1.77 bits per heavy atom. The van der Waals surface area contributed by atoms with E-state index in [2.05, 4.69) is 21.2 Å². The Kier molecular flexibility index (Phi) is 6.23. The molecule has 0 spiro atoms. The zero-order valence-corrected chi connectivity index (χ0v) is 18.6. The molecule has 1 heterocycles. The number of aromatic nitrogens is 1. The molecular formula is C21H18BrFN2O4S. The smallest absolute Gasteiger partial charge is 0.270 e. The number of nitrogens with one attached hydrogen (secondary N) is 1. The summed E-state index contributed by atoms with van der Waals surface area (Å²) >= 11 is 3.25. The van der Waals surface area contributed by atoms with Gasteiger partial charge in [-0.15, -0.1) is 0 Å². The van der Waals surface area contributed by atoms with Crippen molar-refractivity contribution in [1.82, 2.24) is 4.57 Å². The minimum Gasteiger partial charge on any atom is -0.324 e. The molecule has 0 fully saturated rings. The molecule has 1 amide bonds. The minimum atomic E-state index is -4.09. The van der Waals surface area contributed by atoms with Gasteiger partial charge in [-0.1, -0.05) is 22.0 Å². The average Bonchev–Trinajstić information content (AvgIpc) is 2.65. The molecule has 1 aromatic heterocycles. The lowest BCUT2D eigenvalue weighted by molar-refractivity contribution is -0.116. The predicted octanol–water partition coefficient (Wildman–Crippen LogP) is 3.84. The first-order valence-electron chi connectivity index (χ1n) is 8.86.